The van der Waals surface area contributed by atoms with Gasteiger partial charge in [0.15, 0.2) is 5.78 Å². The summed E-state index contributed by atoms with van der Waals surface area (Å²) in [6, 6.07) is 8.25. The number of carboxylic acids is 1. The molecule has 0 spiro atoms. The molecule has 0 aliphatic rings. The van der Waals surface area contributed by atoms with Crippen LogP contribution < -0.4 is 0 Å². The van der Waals surface area contributed by atoms with Crippen molar-refractivity contribution in [2.45, 2.75) is 25.6 Å². The lowest BCUT2D eigenvalue weighted by Crippen LogP contribution is -2.13. The van der Waals surface area contributed by atoms with E-state index in [1.54, 1.807) is 24.4 Å². The molecule has 2 heterocycles. The van der Waals surface area contributed by atoms with Crippen LogP contribution in [0.5, 0.6) is 0 Å². The molecule has 3 aromatic rings. The Bertz CT molecular complexity index is 1010. The van der Waals surface area contributed by atoms with E-state index in [9.17, 15) is 22.8 Å². The van der Waals surface area contributed by atoms with Crippen LogP contribution in [0.3, 0.4) is 0 Å². The predicted molar refractivity (Wildman–Crippen MR) is 89.3 cm³/mol. The number of ketones is 1. The largest absolute Gasteiger partial charge is 0.481 e. The van der Waals surface area contributed by atoms with Crippen molar-refractivity contribution >= 4 is 22.7 Å². The Morgan fingerprint density at radius 2 is 1.93 bits per heavy atom. The van der Waals surface area contributed by atoms with Gasteiger partial charge in [-0.15, -0.1) is 0 Å². The third-order valence-corrected chi connectivity index (χ3v) is 3.86. The summed E-state index contributed by atoms with van der Waals surface area (Å²) in [7, 11) is 0. The lowest BCUT2D eigenvalue weighted by molar-refractivity contribution is -0.141. The summed E-state index contributed by atoms with van der Waals surface area (Å²) in [6.07, 6.45) is -3.13. The highest BCUT2D eigenvalue weighted by Gasteiger charge is 2.32. The first kappa shape index (κ1) is 18.6. The average molecular weight is 377 g/mol. The van der Waals surface area contributed by atoms with E-state index in [1.807, 2.05) is 0 Å². The standard InChI is InChI=1S/C18H14F3N3O3/c19-18(20,21)16-3-1-2-14(22-16)15(25)9-11-4-5-13-12(8-11)10-24(23-13)7-6-17(26)27/h1-5,8,10H,6-7,9H2,(H,26,27). The first-order valence-corrected chi connectivity index (χ1v) is 7.98. The molecule has 3 rings (SSSR count). The molecule has 0 bridgehead atoms. The summed E-state index contributed by atoms with van der Waals surface area (Å²) in [5, 5.41) is 13.7. The number of carbonyl (C=O) groups excluding carboxylic acids is 1. The molecule has 9 heteroatoms. The molecule has 0 saturated heterocycles. The zero-order valence-electron chi connectivity index (χ0n) is 13.9. The van der Waals surface area contributed by atoms with Crippen molar-refractivity contribution in [3.05, 3.63) is 59.5 Å². The minimum Gasteiger partial charge on any atom is -0.481 e. The number of carboxylic acid groups (broad SMARTS) is 1. The number of hydrogen-bond acceptors (Lipinski definition) is 4. The van der Waals surface area contributed by atoms with Crippen molar-refractivity contribution in [1.29, 1.82) is 0 Å². The summed E-state index contributed by atoms with van der Waals surface area (Å²) in [6.45, 7) is 0.215. The zero-order chi connectivity index (χ0) is 19.6. The van der Waals surface area contributed by atoms with E-state index in [0.29, 0.717) is 16.5 Å². The molecule has 140 valence electrons. The normalized spacial score (nSPS) is 11.7. The maximum absolute atomic E-state index is 12.7. The summed E-state index contributed by atoms with van der Waals surface area (Å²) >= 11 is 0. The van der Waals surface area contributed by atoms with Crippen molar-refractivity contribution < 1.29 is 27.9 Å². The van der Waals surface area contributed by atoms with E-state index in [2.05, 4.69) is 10.1 Å². The zero-order valence-corrected chi connectivity index (χ0v) is 13.9. The molecule has 0 amide bonds. The van der Waals surface area contributed by atoms with Crippen molar-refractivity contribution in [2.75, 3.05) is 0 Å². The third kappa shape index (κ3) is 4.49. The molecule has 0 radical (unpaired) electrons. The first-order chi connectivity index (χ1) is 12.7. The SMILES string of the molecule is O=C(O)CCn1cc2cc(CC(=O)c3cccc(C(F)(F)F)n3)ccc2n1. The summed E-state index contributed by atoms with van der Waals surface area (Å²) in [4.78, 5) is 26.3. The van der Waals surface area contributed by atoms with Crippen LogP contribution in [0.4, 0.5) is 13.2 Å². The van der Waals surface area contributed by atoms with Gasteiger partial charge < -0.3 is 5.11 Å². The Hall–Kier alpha value is -3.23. The molecule has 2 aromatic heterocycles. The molecule has 0 atom stereocenters. The number of pyridine rings is 1. The molecule has 1 N–H and O–H groups in total. The van der Waals surface area contributed by atoms with Gasteiger partial charge in [-0.3, -0.25) is 14.3 Å². The van der Waals surface area contributed by atoms with Gasteiger partial charge in [0, 0.05) is 18.0 Å². The highest BCUT2D eigenvalue weighted by molar-refractivity contribution is 5.96. The number of fused-ring (bicyclic) bond motifs is 1. The number of carbonyl (C=O) groups is 2. The number of Topliss-reactive ketones (excluding diaryl/α,β-unsaturated/α-hetero) is 1. The topological polar surface area (TPSA) is 85.1 Å². The van der Waals surface area contributed by atoms with Crippen LogP contribution in [-0.4, -0.2) is 31.6 Å². The second-order valence-corrected chi connectivity index (χ2v) is 5.93. The second kappa shape index (κ2) is 7.18. The fraction of sp³-hybridized carbons (Fsp3) is 0.222. The minimum absolute atomic E-state index is 0.0689. The molecular weight excluding hydrogens is 363 g/mol. The smallest absolute Gasteiger partial charge is 0.433 e. The monoisotopic (exact) mass is 377 g/mol. The van der Waals surface area contributed by atoms with Gasteiger partial charge >= 0.3 is 12.1 Å². The Labute approximate surface area is 151 Å². The summed E-state index contributed by atoms with van der Waals surface area (Å²) in [5.41, 5.74) is -0.121. The molecule has 1 aromatic carbocycles. The Morgan fingerprint density at radius 1 is 1.15 bits per heavy atom. The molecule has 6 nitrogen and oxygen atoms in total. The van der Waals surface area contributed by atoms with Crippen molar-refractivity contribution in [1.82, 2.24) is 14.8 Å². The highest BCUT2D eigenvalue weighted by Crippen LogP contribution is 2.27. The van der Waals surface area contributed by atoms with Crippen LogP contribution in [0.2, 0.25) is 0 Å². The maximum atomic E-state index is 12.7. The molecular formula is C18H14F3N3O3. The van der Waals surface area contributed by atoms with Crippen LogP contribution in [-0.2, 0) is 23.9 Å². The fourth-order valence-corrected chi connectivity index (χ4v) is 2.58. The third-order valence-electron chi connectivity index (χ3n) is 3.86. The van der Waals surface area contributed by atoms with Crippen LogP contribution >= 0.6 is 0 Å². The molecule has 0 unspecified atom stereocenters. The highest BCUT2D eigenvalue weighted by atomic mass is 19.4. The van der Waals surface area contributed by atoms with Crippen LogP contribution in [0.1, 0.15) is 28.2 Å². The number of aromatic nitrogens is 3. The maximum Gasteiger partial charge on any atom is 0.433 e. The van der Waals surface area contributed by atoms with Gasteiger partial charge in [-0.1, -0.05) is 12.1 Å². The number of benzene rings is 1. The van der Waals surface area contributed by atoms with E-state index >= 15 is 0 Å². The number of nitrogens with zero attached hydrogens (tertiary/aromatic N) is 3. The van der Waals surface area contributed by atoms with Crippen LogP contribution in [0, 0.1) is 0 Å². The van der Waals surface area contributed by atoms with Gasteiger partial charge in [-0.25, -0.2) is 4.98 Å². The van der Waals surface area contributed by atoms with E-state index < -0.39 is 23.6 Å². The summed E-state index contributed by atoms with van der Waals surface area (Å²) < 4.78 is 39.7. The summed E-state index contributed by atoms with van der Waals surface area (Å²) in [5.74, 6) is -1.46. The van der Waals surface area contributed by atoms with E-state index in [-0.39, 0.29) is 25.1 Å². The van der Waals surface area contributed by atoms with Gasteiger partial charge in [0.25, 0.3) is 0 Å². The Kier molecular flexibility index (Phi) is 4.93. The Balaban J connectivity index is 1.78. The first-order valence-electron chi connectivity index (χ1n) is 7.98. The molecule has 0 saturated carbocycles. The number of aliphatic carboxylic acids is 1. The number of alkyl halides is 3. The van der Waals surface area contributed by atoms with E-state index in [0.717, 1.165) is 12.1 Å². The quantitative estimate of drug-likeness (QED) is 0.666. The number of aryl methyl sites for hydroxylation is 1. The molecule has 0 fully saturated rings. The minimum atomic E-state index is -4.61. The molecule has 27 heavy (non-hydrogen) atoms. The lowest BCUT2D eigenvalue weighted by atomic mass is 10.0. The molecule has 0 aliphatic carbocycles. The predicted octanol–water partition coefficient (Wildman–Crippen LogP) is 3.35. The van der Waals surface area contributed by atoms with Gasteiger partial charge in [0.05, 0.1) is 18.5 Å². The van der Waals surface area contributed by atoms with Crippen molar-refractivity contribution in [2.24, 2.45) is 0 Å². The van der Waals surface area contributed by atoms with Gasteiger partial charge in [-0.2, -0.15) is 18.3 Å². The van der Waals surface area contributed by atoms with E-state index in [1.165, 1.54) is 10.7 Å². The number of rotatable bonds is 6. The number of hydrogen-bond donors (Lipinski definition) is 1. The van der Waals surface area contributed by atoms with E-state index in [4.69, 9.17) is 5.11 Å². The lowest BCUT2D eigenvalue weighted by Gasteiger charge is -2.07. The van der Waals surface area contributed by atoms with Crippen molar-refractivity contribution in [3.8, 4) is 0 Å². The van der Waals surface area contributed by atoms with Crippen molar-refractivity contribution in [3.63, 3.8) is 0 Å². The van der Waals surface area contributed by atoms with Crippen LogP contribution in [0.15, 0.2) is 42.6 Å². The second-order valence-electron chi connectivity index (χ2n) is 5.93. The van der Waals surface area contributed by atoms with Gasteiger partial charge in [-0.05, 0) is 29.8 Å². The number of halogens is 3. The van der Waals surface area contributed by atoms with Crippen LogP contribution in [0.25, 0.3) is 10.9 Å². The van der Waals surface area contributed by atoms with Gasteiger partial charge in [0.2, 0.25) is 0 Å². The fourth-order valence-electron chi connectivity index (χ4n) is 2.58. The Morgan fingerprint density at radius 3 is 2.63 bits per heavy atom. The average Bonchev–Trinajstić information content (AvgIpc) is 3.01. The van der Waals surface area contributed by atoms with Gasteiger partial charge in [0.1, 0.15) is 11.4 Å². The molecule has 0 aliphatic heterocycles.